The van der Waals surface area contributed by atoms with Crippen molar-refractivity contribution in [3.8, 4) is 0 Å². The zero-order chi connectivity index (χ0) is 4.41. The zero-order valence-electron chi connectivity index (χ0n) is 3.05. The van der Waals surface area contributed by atoms with Crippen LogP contribution in [0.5, 0.6) is 0 Å². The highest BCUT2D eigenvalue weighted by molar-refractivity contribution is 7.88. The Morgan fingerprint density at radius 1 is 2.00 bits per heavy atom. The van der Waals surface area contributed by atoms with Crippen LogP contribution in [0.2, 0.25) is 0 Å². The predicted octanol–water partition coefficient (Wildman–Crippen LogP) is -0.761. The van der Waals surface area contributed by atoms with E-state index in [1.165, 1.54) is 0 Å². The summed E-state index contributed by atoms with van der Waals surface area (Å²) in [5.41, 5.74) is 0. The van der Waals surface area contributed by atoms with Crippen molar-refractivity contribution in [2.75, 3.05) is 6.54 Å². The molecule has 6 heavy (non-hydrogen) atoms. The Kier molecular flexibility index (Phi) is 1.09. The van der Waals surface area contributed by atoms with Crippen LogP contribution >= 0.6 is 0 Å². The van der Waals surface area contributed by atoms with Gasteiger partial charge in [-0.25, -0.2) is 0 Å². The lowest BCUT2D eigenvalue weighted by Crippen LogP contribution is -2.14. The van der Waals surface area contributed by atoms with Gasteiger partial charge in [0, 0.05) is 0 Å². The van der Waals surface area contributed by atoms with Crippen LogP contribution < -0.4 is 4.72 Å². The molecule has 0 spiro atoms. The molecule has 34 valence electrons. The van der Waals surface area contributed by atoms with E-state index in [1.807, 2.05) is 0 Å². The Balaban J connectivity index is 2.38. The lowest BCUT2D eigenvalue weighted by molar-refractivity contribution is 0.590. The Bertz CT molecular complexity index is 73.9. The summed E-state index contributed by atoms with van der Waals surface area (Å²) < 4.78 is 16.1. The second kappa shape index (κ2) is 1.59. The fourth-order valence-electron chi connectivity index (χ4n) is 0.251. The van der Waals surface area contributed by atoms with Crippen molar-refractivity contribution in [1.29, 1.82) is 0 Å². The van der Waals surface area contributed by atoms with Crippen LogP contribution in [0.1, 0.15) is 0 Å². The highest BCUT2D eigenvalue weighted by Gasteiger charge is 2.05. The van der Waals surface area contributed by atoms with Crippen LogP contribution in [0.4, 0.5) is 0 Å². The standard InChI is InChI=1S/C2H4N2OS/c5-6-3-1-2-4-6/h1,4H,2H2. The first-order valence-corrected chi connectivity index (χ1v) is 2.68. The van der Waals surface area contributed by atoms with Crippen molar-refractivity contribution < 1.29 is 4.55 Å². The first-order chi connectivity index (χ1) is 2.89. The molecule has 0 amide bonds. The SMILES string of the molecule is [O-][S+]1N=CCN1. The number of rotatable bonds is 0. The van der Waals surface area contributed by atoms with Crippen molar-refractivity contribution in [2.45, 2.75) is 0 Å². The predicted molar refractivity (Wildman–Crippen MR) is 24.6 cm³/mol. The second-order valence-electron chi connectivity index (χ2n) is 0.886. The minimum Gasteiger partial charge on any atom is -0.572 e. The molecule has 0 saturated heterocycles. The Morgan fingerprint density at radius 3 is 3.00 bits per heavy atom. The molecule has 0 fully saturated rings. The number of hydrogen-bond donors (Lipinski definition) is 1. The quantitative estimate of drug-likeness (QED) is 0.410. The molecule has 1 rings (SSSR count). The molecule has 0 aromatic rings. The summed E-state index contributed by atoms with van der Waals surface area (Å²) >= 11 is -1.10. The van der Waals surface area contributed by atoms with Gasteiger partial charge in [-0.05, 0) is 4.40 Å². The van der Waals surface area contributed by atoms with E-state index in [0.29, 0.717) is 6.54 Å². The Labute approximate surface area is 38.9 Å². The topological polar surface area (TPSA) is 47.5 Å². The van der Waals surface area contributed by atoms with E-state index in [1.54, 1.807) is 6.21 Å². The van der Waals surface area contributed by atoms with Gasteiger partial charge in [0.05, 0.1) is 12.8 Å². The van der Waals surface area contributed by atoms with E-state index >= 15 is 0 Å². The van der Waals surface area contributed by atoms with Gasteiger partial charge in [0.25, 0.3) is 0 Å². The summed E-state index contributed by atoms with van der Waals surface area (Å²) in [6.45, 7) is 0.645. The summed E-state index contributed by atoms with van der Waals surface area (Å²) in [5.74, 6) is 0. The Morgan fingerprint density at radius 2 is 2.83 bits per heavy atom. The van der Waals surface area contributed by atoms with Gasteiger partial charge in [-0.3, -0.25) is 0 Å². The minimum absolute atomic E-state index is 0.645. The summed E-state index contributed by atoms with van der Waals surface area (Å²) in [5, 5.41) is 0. The van der Waals surface area contributed by atoms with Crippen molar-refractivity contribution in [3.63, 3.8) is 0 Å². The van der Waals surface area contributed by atoms with Crippen LogP contribution in [0.3, 0.4) is 0 Å². The fraction of sp³-hybridized carbons (Fsp3) is 0.500. The molecule has 1 aliphatic heterocycles. The maximum absolute atomic E-state index is 10.0. The van der Waals surface area contributed by atoms with Crippen LogP contribution in [0.15, 0.2) is 4.40 Å². The van der Waals surface area contributed by atoms with Gasteiger partial charge in [-0.15, -0.1) is 4.72 Å². The van der Waals surface area contributed by atoms with Gasteiger partial charge in [-0.1, -0.05) is 0 Å². The number of nitrogens with one attached hydrogen (secondary N) is 1. The maximum atomic E-state index is 10.0. The molecule has 1 atom stereocenters. The van der Waals surface area contributed by atoms with Gasteiger partial charge in [-0.2, -0.15) is 0 Å². The number of hydrogen-bond acceptors (Lipinski definition) is 3. The highest BCUT2D eigenvalue weighted by atomic mass is 32.2. The Hall–Kier alpha value is -0.0600. The van der Waals surface area contributed by atoms with Gasteiger partial charge in [0.1, 0.15) is 0 Å². The third-order valence-corrected chi connectivity index (χ3v) is 1.22. The van der Waals surface area contributed by atoms with Crippen LogP contribution in [-0.2, 0) is 11.5 Å². The van der Waals surface area contributed by atoms with E-state index in [4.69, 9.17) is 0 Å². The van der Waals surface area contributed by atoms with Crippen molar-refractivity contribution in [1.82, 2.24) is 4.72 Å². The molecular weight excluding hydrogens is 100 g/mol. The first kappa shape index (κ1) is 4.11. The summed E-state index contributed by atoms with van der Waals surface area (Å²) in [7, 11) is 0. The van der Waals surface area contributed by atoms with Gasteiger partial charge < -0.3 is 4.55 Å². The van der Waals surface area contributed by atoms with E-state index in [-0.39, 0.29) is 0 Å². The van der Waals surface area contributed by atoms with E-state index in [2.05, 4.69) is 9.12 Å². The molecule has 1 aliphatic rings. The van der Waals surface area contributed by atoms with Crippen molar-refractivity contribution >= 4 is 17.8 Å². The minimum atomic E-state index is -1.10. The smallest absolute Gasteiger partial charge is 0.191 e. The normalized spacial score (nSPS) is 31.8. The number of nitrogens with zero attached hydrogens (tertiary/aromatic N) is 1. The van der Waals surface area contributed by atoms with E-state index < -0.39 is 11.5 Å². The molecule has 1 heterocycles. The van der Waals surface area contributed by atoms with Crippen molar-refractivity contribution in [2.24, 2.45) is 4.40 Å². The third-order valence-electron chi connectivity index (χ3n) is 0.468. The lowest BCUT2D eigenvalue weighted by atomic mass is 10.8. The van der Waals surface area contributed by atoms with E-state index in [0.717, 1.165) is 0 Å². The molecular formula is C2H4N2OS. The summed E-state index contributed by atoms with van der Waals surface area (Å²) in [4.78, 5) is 0. The van der Waals surface area contributed by atoms with Gasteiger partial charge in [0.15, 0.2) is 11.5 Å². The molecule has 1 N–H and O–H groups in total. The van der Waals surface area contributed by atoms with Crippen LogP contribution in [0, 0.1) is 0 Å². The summed E-state index contributed by atoms with van der Waals surface area (Å²) in [6.07, 6.45) is 1.59. The third kappa shape index (κ3) is 0.707. The fourth-order valence-corrected chi connectivity index (χ4v) is 0.752. The molecule has 0 aromatic carbocycles. The largest absolute Gasteiger partial charge is 0.572 e. The molecule has 4 heteroatoms. The molecule has 0 radical (unpaired) electrons. The molecule has 1 unspecified atom stereocenters. The maximum Gasteiger partial charge on any atom is 0.191 e. The van der Waals surface area contributed by atoms with Crippen LogP contribution in [0.25, 0.3) is 0 Å². The molecule has 0 saturated carbocycles. The molecule has 0 aliphatic carbocycles. The first-order valence-electron chi connectivity index (χ1n) is 1.57. The van der Waals surface area contributed by atoms with Crippen molar-refractivity contribution in [3.05, 3.63) is 0 Å². The lowest BCUT2D eigenvalue weighted by Gasteiger charge is -1.89. The van der Waals surface area contributed by atoms with Crippen LogP contribution in [-0.4, -0.2) is 17.3 Å². The summed E-state index contributed by atoms with van der Waals surface area (Å²) in [6, 6.07) is 0. The molecule has 3 nitrogen and oxygen atoms in total. The zero-order valence-corrected chi connectivity index (χ0v) is 3.86. The molecule has 0 aromatic heterocycles. The van der Waals surface area contributed by atoms with Gasteiger partial charge >= 0.3 is 0 Å². The second-order valence-corrected chi connectivity index (χ2v) is 1.88. The average Bonchev–Trinajstić information content (AvgIpc) is 1.86. The molecule has 0 bridgehead atoms. The average molecular weight is 104 g/mol. The van der Waals surface area contributed by atoms with E-state index in [9.17, 15) is 4.55 Å². The highest BCUT2D eigenvalue weighted by Crippen LogP contribution is 1.87. The van der Waals surface area contributed by atoms with Gasteiger partial charge in [0.2, 0.25) is 0 Å². The monoisotopic (exact) mass is 104 g/mol.